The third kappa shape index (κ3) is 3.24. The van der Waals surface area contributed by atoms with Crippen molar-refractivity contribution in [2.75, 3.05) is 0 Å². The maximum Gasteiger partial charge on any atom is 0.152 e. The molecule has 0 bridgehead atoms. The van der Waals surface area contributed by atoms with Gasteiger partial charge >= 0.3 is 0 Å². The summed E-state index contributed by atoms with van der Waals surface area (Å²) >= 11 is 3.33. The van der Waals surface area contributed by atoms with Crippen molar-refractivity contribution in [3.05, 3.63) is 16.6 Å². The molecule has 15 heavy (non-hydrogen) atoms. The lowest BCUT2D eigenvalue weighted by Crippen LogP contribution is -2.19. The van der Waals surface area contributed by atoms with Crippen LogP contribution in [0.1, 0.15) is 26.6 Å². The van der Waals surface area contributed by atoms with E-state index in [1.807, 2.05) is 32.4 Å². The van der Waals surface area contributed by atoms with E-state index in [1.54, 1.807) is 6.20 Å². The highest BCUT2D eigenvalue weighted by atomic mass is 79.9. The van der Waals surface area contributed by atoms with Gasteiger partial charge in [0.2, 0.25) is 0 Å². The quantitative estimate of drug-likeness (QED) is 0.783. The second-order valence-corrected chi connectivity index (χ2v) is 6.84. The number of hydrogen-bond donors (Lipinski definition) is 0. The minimum absolute atomic E-state index is 0.334. The second kappa shape index (κ2) is 4.57. The van der Waals surface area contributed by atoms with Gasteiger partial charge in [-0.15, -0.1) is 0 Å². The smallest absolute Gasteiger partial charge is 0.152 e. The number of halogens is 1. The van der Waals surface area contributed by atoms with Crippen LogP contribution in [0.4, 0.5) is 0 Å². The number of rotatable bonds is 2. The van der Waals surface area contributed by atoms with Crippen molar-refractivity contribution in [1.29, 1.82) is 0 Å². The van der Waals surface area contributed by atoms with Gasteiger partial charge in [0.25, 0.3) is 0 Å². The summed E-state index contributed by atoms with van der Waals surface area (Å²) in [4.78, 5) is 4.10. The third-order valence-electron chi connectivity index (χ3n) is 1.76. The van der Waals surface area contributed by atoms with Crippen molar-refractivity contribution in [3.8, 4) is 0 Å². The van der Waals surface area contributed by atoms with Gasteiger partial charge in [-0.3, -0.25) is 0 Å². The number of nitrogens with zero attached hydrogens (tertiary/aromatic N) is 3. The summed E-state index contributed by atoms with van der Waals surface area (Å²) in [6.07, 6.45) is 3.22. The van der Waals surface area contributed by atoms with Gasteiger partial charge in [0.1, 0.15) is 15.6 Å². The highest BCUT2D eigenvalue weighted by Crippen LogP contribution is 2.13. The van der Waals surface area contributed by atoms with Crippen LogP contribution in [0.5, 0.6) is 0 Å². The van der Waals surface area contributed by atoms with Crippen molar-refractivity contribution in [2.45, 2.75) is 25.5 Å². The van der Waals surface area contributed by atoms with Crippen LogP contribution in [-0.4, -0.2) is 24.7 Å². The van der Waals surface area contributed by atoms with Gasteiger partial charge in [-0.2, -0.15) is 4.40 Å². The van der Waals surface area contributed by atoms with E-state index in [0.29, 0.717) is 5.82 Å². The van der Waals surface area contributed by atoms with Gasteiger partial charge in [0.05, 0.1) is 17.2 Å². The molecule has 6 heteroatoms. The van der Waals surface area contributed by atoms with Crippen LogP contribution < -0.4 is 0 Å². The van der Waals surface area contributed by atoms with Gasteiger partial charge in [0, 0.05) is 7.05 Å². The Morgan fingerprint density at radius 1 is 1.60 bits per heavy atom. The molecule has 4 nitrogen and oxygen atoms in total. The van der Waals surface area contributed by atoms with E-state index in [0.717, 1.165) is 4.60 Å². The molecule has 0 aliphatic heterocycles. The zero-order chi connectivity index (χ0) is 11.6. The van der Waals surface area contributed by atoms with Crippen LogP contribution in [0.25, 0.3) is 0 Å². The molecular formula is C9H14BrN3OS. The first-order valence-corrected chi connectivity index (χ1v) is 6.35. The Balaban J connectivity index is 2.83. The molecule has 0 aliphatic rings. The fraction of sp³-hybridized carbons (Fsp3) is 0.556. The van der Waals surface area contributed by atoms with Gasteiger partial charge in [-0.05, 0) is 36.7 Å². The predicted molar refractivity (Wildman–Crippen MR) is 66.4 cm³/mol. The number of imidazole rings is 1. The van der Waals surface area contributed by atoms with Crippen molar-refractivity contribution in [3.63, 3.8) is 0 Å². The molecule has 0 aromatic carbocycles. The molecule has 1 aromatic rings. The van der Waals surface area contributed by atoms with Gasteiger partial charge in [-0.1, -0.05) is 0 Å². The SMILES string of the molecule is Cn1c(Br)cnc1/C=N/S(=O)C(C)(C)C. The molecule has 1 atom stereocenters. The predicted octanol–water partition coefficient (Wildman–Crippen LogP) is 2.06. The Hall–Kier alpha value is -0.490. The molecule has 0 saturated carbocycles. The fourth-order valence-corrected chi connectivity index (χ4v) is 1.57. The number of aromatic nitrogens is 2. The molecule has 0 saturated heterocycles. The zero-order valence-corrected chi connectivity index (χ0v) is 11.6. The molecule has 0 fully saturated rings. The second-order valence-electron chi connectivity index (χ2n) is 4.09. The molecule has 1 rings (SSSR count). The van der Waals surface area contributed by atoms with E-state index < -0.39 is 11.0 Å². The molecule has 84 valence electrons. The lowest BCUT2D eigenvalue weighted by Gasteiger charge is -2.12. The third-order valence-corrected chi connectivity index (χ3v) is 3.84. The van der Waals surface area contributed by atoms with Crippen molar-refractivity contribution in [1.82, 2.24) is 9.55 Å². The summed E-state index contributed by atoms with van der Waals surface area (Å²) in [6, 6.07) is 0. The monoisotopic (exact) mass is 291 g/mol. The Morgan fingerprint density at radius 3 is 2.60 bits per heavy atom. The van der Waals surface area contributed by atoms with E-state index in [4.69, 9.17) is 0 Å². The summed E-state index contributed by atoms with van der Waals surface area (Å²) in [6.45, 7) is 5.65. The Labute approximate surface area is 101 Å². The van der Waals surface area contributed by atoms with Crippen LogP contribution in [0, 0.1) is 0 Å². The highest BCUT2D eigenvalue weighted by molar-refractivity contribution is 9.10. The van der Waals surface area contributed by atoms with Crippen molar-refractivity contribution >= 4 is 33.1 Å². The highest BCUT2D eigenvalue weighted by Gasteiger charge is 2.18. The molecular weight excluding hydrogens is 278 g/mol. The van der Waals surface area contributed by atoms with Crippen LogP contribution in [0.3, 0.4) is 0 Å². The molecule has 0 amide bonds. The molecule has 0 aliphatic carbocycles. The van der Waals surface area contributed by atoms with Crippen LogP contribution in [-0.2, 0) is 18.0 Å². The fourth-order valence-electron chi connectivity index (χ4n) is 0.775. The van der Waals surface area contributed by atoms with E-state index in [1.165, 1.54) is 6.21 Å². The molecule has 0 spiro atoms. The van der Waals surface area contributed by atoms with Crippen LogP contribution in [0.2, 0.25) is 0 Å². The normalized spacial score (nSPS) is 14.7. The van der Waals surface area contributed by atoms with Crippen LogP contribution >= 0.6 is 15.9 Å². The van der Waals surface area contributed by atoms with E-state index in [-0.39, 0.29) is 4.75 Å². The largest absolute Gasteiger partial charge is 0.321 e. The average Bonchev–Trinajstić information content (AvgIpc) is 2.43. The van der Waals surface area contributed by atoms with E-state index in [2.05, 4.69) is 25.3 Å². The van der Waals surface area contributed by atoms with Crippen LogP contribution in [0.15, 0.2) is 15.2 Å². The Morgan fingerprint density at radius 2 is 2.20 bits per heavy atom. The van der Waals surface area contributed by atoms with Crippen molar-refractivity contribution < 1.29 is 4.21 Å². The maximum atomic E-state index is 11.6. The summed E-state index contributed by atoms with van der Waals surface area (Å²) in [5, 5.41) is 0. The topological polar surface area (TPSA) is 47.2 Å². The van der Waals surface area contributed by atoms with Gasteiger partial charge < -0.3 is 4.57 Å². The first kappa shape index (κ1) is 12.6. The average molecular weight is 292 g/mol. The minimum atomic E-state index is -1.24. The standard InChI is InChI=1S/C9H14BrN3OS/c1-9(2,3)15(14)12-6-8-11-5-7(10)13(8)4/h5-6H,1-4H3/b12-6+. The van der Waals surface area contributed by atoms with Gasteiger partial charge in [0.15, 0.2) is 5.82 Å². The first-order valence-electron chi connectivity index (χ1n) is 4.45. The molecule has 0 N–H and O–H groups in total. The minimum Gasteiger partial charge on any atom is -0.321 e. The van der Waals surface area contributed by atoms with E-state index in [9.17, 15) is 4.21 Å². The van der Waals surface area contributed by atoms with E-state index >= 15 is 0 Å². The van der Waals surface area contributed by atoms with Crippen molar-refractivity contribution in [2.24, 2.45) is 11.4 Å². The first-order chi connectivity index (χ1) is 6.82. The Bertz CT molecular complexity index is 406. The maximum absolute atomic E-state index is 11.6. The summed E-state index contributed by atoms with van der Waals surface area (Å²) in [7, 11) is 0.624. The molecule has 1 aromatic heterocycles. The lowest BCUT2D eigenvalue weighted by atomic mass is 10.3. The molecule has 1 unspecified atom stereocenters. The summed E-state index contributed by atoms with van der Waals surface area (Å²) in [5.74, 6) is 0.680. The zero-order valence-electron chi connectivity index (χ0n) is 9.19. The lowest BCUT2D eigenvalue weighted by molar-refractivity contribution is 0.651. The molecule has 0 radical (unpaired) electrons. The Kier molecular flexibility index (Phi) is 3.83. The summed E-state index contributed by atoms with van der Waals surface area (Å²) < 4.78 is 18.0. The van der Waals surface area contributed by atoms with Gasteiger partial charge in [-0.25, -0.2) is 9.19 Å². The number of hydrogen-bond acceptors (Lipinski definition) is 2. The summed E-state index contributed by atoms with van der Waals surface area (Å²) in [5.41, 5.74) is 0. The molecule has 1 heterocycles.